The Morgan fingerprint density at radius 3 is 2.04 bits per heavy atom. The van der Waals surface area contributed by atoms with Gasteiger partial charge in [0.05, 0.1) is 0 Å². The first-order valence-electron chi connectivity index (χ1n) is 8.84. The highest BCUT2D eigenvalue weighted by atomic mass is 16.6. The molecule has 136 valence electrons. The van der Waals surface area contributed by atoms with E-state index in [4.69, 9.17) is 4.74 Å². The van der Waals surface area contributed by atoms with Crippen molar-refractivity contribution in [2.24, 2.45) is 5.41 Å². The van der Waals surface area contributed by atoms with E-state index in [1.807, 2.05) is 20.8 Å². The van der Waals surface area contributed by atoms with E-state index in [9.17, 15) is 4.79 Å². The maximum absolute atomic E-state index is 11.8. The van der Waals surface area contributed by atoms with Crippen molar-refractivity contribution in [2.45, 2.75) is 78.0 Å². The van der Waals surface area contributed by atoms with E-state index in [0.717, 1.165) is 38.8 Å². The maximum atomic E-state index is 11.8. The summed E-state index contributed by atoms with van der Waals surface area (Å²) < 4.78 is 5.33. The first-order valence-corrected chi connectivity index (χ1v) is 8.84. The molecule has 0 spiro atoms. The van der Waals surface area contributed by atoms with Crippen LogP contribution >= 0.6 is 0 Å². The van der Waals surface area contributed by atoms with Crippen LogP contribution in [0.2, 0.25) is 0 Å². The highest BCUT2D eigenvalue weighted by Gasteiger charge is 2.26. The number of alkyl carbamates (subject to hydrolysis) is 1. The summed E-state index contributed by atoms with van der Waals surface area (Å²) in [5, 5.41) is 6.71. The molecule has 0 atom stereocenters. The van der Waals surface area contributed by atoms with E-state index in [-0.39, 0.29) is 17.6 Å². The van der Waals surface area contributed by atoms with Crippen LogP contribution in [0.4, 0.5) is 4.79 Å². The first-order chi connectivity index (χ1) is 10.5. The Bertz CT molecular complexity index is 367. The van der Waals surface area contributed by atoms with Crippen molar-refractivity contribution >= 4 is 6.09 Å². The van der Waals surface area contributed by atoms with E-state index < -0.39 is 5.60 Å². The molecule has 1 aliphatic rings. The molecule has 0 radical (unpaired) electrons. The van der Waals surface area contributed by atoms with E-state index in [0.29, 0.717) is 6.04 Å². The molecule has 1 amide bonds. The summed E-state index contributed by atoms with van der Waals surface area (Å²) in [5.74, 6) is 0. The lowest BCUT2D eigenvalue weighted by Crippen LogP contribution is -2.46. The van der Waals surface area contributed by atoms with Gasteiger partial charge in [0, 0.05) is 25.2 Å². The van der Waals surface area contributed by atoms with Crippen molar-refractivity contribution in [3.63, 3.8) is 0 Å². The highest BCUT2D eigenvalue weighted by molar-refractivity contribution is 5.68. The van der Waals surface area contributed by atoms with Crippen molar-refractivity contribution in [1.82, 2.24) is 15.5 Å². The van der Waals surface area contributed by atoms with Crippen molar-refractivity contribution in [2.75, 3.05) is 27.2 Å². The Morgan fingerprint density at radius 2 is 1.57 bits per heavy atom. The standard InChI is InChI=1S/C18H37N3O2/c1-17(2,3)23-16(22)20-15-10-8-14(9-11-15)19-12-18(4,5)13-21(6)7/h14-15,19H,8-13H2,1-7H3,(H,20,22). The number of hydrogen-bond acceptors (Lipinski definition) is 4. The van der Waals surface area contributed by atoms with Crippen LogP contribution in [0.5, 0.6) is 0 Å². The van der Waals surface area contributed by atoms with Crippen LogP contribution in [0, 0.1) is 5.41 Å². The summed E-state index contributed by atoms with van der Waals surface area (Å²) >= 11 is 0. The minimum atomic E-state index is -0.430. The zero-order valence-electron chi connectivity index (χ0n) is 16.2. The molecule has 0 saturated heterocycles. The average Bonchev–Trinajstić information content (AvgIpc) is 2.34. The lowest BCUT2D eigenvalue weighted by Gasteiger charge is -2.34. The fourth-order valence-corrected chi connectivity index (χ4v) is 3.25. The summed E-state index contributed by atoms with van der Waals surface area (Å²) in [6.45, 7) is 12.4. The van der Waals surface area contributed by atoms with Crippen LogP contribution in [0.3, 0.4) is 0 Å². The quantitative estimate of drug-likeness (QED) is 0.787. The smallest absolute Gasteiger partial charge is 0.407 e. The zero-order valence-corrected chi connectivity index (χ0v) is 16.2. The van der Waals surface area contributed by atoms with E-state index in [1.54, 1.807) is 0 Å². The van der Waals surface area contributed by atoms with Gasteiger partial charge in [-0.3, -0.25) is 0 Å². The fraction of sp³-hybridized carbons (Fsp3) is 0.944. The van der Waals surface area contributed by atoms with Gasteiger partial charge in [-0.15, -0.1) is 0 Å². The molecule has 0 bridgehead atoms. The molecule has 0 heterocycles. The topological polar surface area (TPSA) is 53.6 Å². The summed E-state index contributed by atoms with van der Waals surface area (Å²) in [7, 11) is 4.24. The molecule has 0 aliphatic heterocycles. The van der Waals surface area contributed by atoms with Gasteiger partial charge in [0.25, 0.3) is 0 Å². The Kier molecular flexibility index (Phi) is 7.33. The molecule has 1 fully saturated rings. The molecular weight excluding hydrogens is 290 g/mol. The minimum Gasteiger partial charge on any atom is -0.444 e. The summed E-state index contributed by atoms with van der Waals surface area (Å²) in [6, 6.07) is 0.811. The van der Waals surface area contributed by atoms with Gasteiger partial charge >= 0.3 is 6.09 Å². The van der Waals surface area contributed by atoms with Gasteiger partial charge in [0.2, 0.25) is 0 Å². The molecule has 5 nitrogen and oxygen atoms in total. The predicted molar refractivity (Wildman–Crippen MR) is 95.8 cm³/mol. The molecule has 0 aromatic rings. The van der Waals surface area contributed by atoms with Gasteiger partial charge in [-0.1, -0.05) is 13.8 Å². The third-order valence-electron chi connectivity index (χ3n) is 4.06. The number of nitrogens with zero attached hydrogens (tertiary/aromatic N) is 1. The fourth-order valence-electron chi connectivity index (χ4n) is 3.25. The summed E-state index contributed by atoms with van der Waals surface area (Å²) in [5.41, 5.74) is -0.157. The second-order valence-corrected chi connectivity index (χ2v) is 8.98. The van der Waals surface area contributed by atoms with Crippen LogP contribution < -0.4 is 10.6 Å². The van der Waals surface area contributed by atoms with Gasteiger partial charge in [-0.25, -0.2) is 4.79 Å². The number of nitrogens with one attached hydrogen (secondary N) is 2. The first kappa shape index (κ1) is 20.2. The zero-order chi connectivity index (χ0) is 17.7. The van der Waals surface area contributed by atoms with Crippen molar-refractivity contribution in [3.05, 3.63) is 0 Å². The number of hydrogen-bond donors (Lipinski definition) is 2. The number of carbonyl (C=O) groups is 1. The van der Waals surface area contributed by atoms with E-state index >= 15 is 0 Å². The van der Waals surface area contributed by atoms with Gasteiger partial charge in [-0.05, 0) is 66.0 Å². The molecule has 5 heteroatoms. The molecular formula is C18H37N3O2. The number of carbonyl (C=O) groups excluding carboxylic acids is 1. The Balaban J connectivity index is 2.26. The molecule has 0 aromatic heterocycles. The third kappa shape index (κ3) is 9.16. The second-order valence-electron chi connectivity index (χ2n) is 8.98. The monoisotopic (exact) mass is 327 g/mol. The summed E-state index contributed by atoms with van der Waals surface area (Å²) in [4.78, 5) is 14.1. The van der Waals surface area contributed by atoms with Crippen LogP contribution in [-0.2, 0) is 4.74 Å². The lowest BCUT2D eigenvalue weighted by molar-refractivity contribution is 0.0489. The largest absolute Gasteiger partial charge is 0.444 e. The van der Waals surface area contributed by atoms with Crippen LogP contribution in [0.25, 0.3) is 0 Å². The molecule has 23 heavy (non-hydrogen) atoms. The molecule has 0 unspecified atom stereocenters. The Morgan fingerprint density at radius 1 is 1.04 bits per heavy atom. The minimum absolute atomic E-state index is 0.248. The second kappa shape index (κ2) is 8.34. The van der Waals surface area contributed by atoms with Gasteiger partial charge in [0.15, 0.2) is 0 Å². The molecule has 1 rings (SSSR count). The number of rotatable bonds is 6. The molecule has 1 saturated carbocycles. The van der Waals surface area contributed by atoms with Crippen LogP contribution in [0.15, 0.2) is 0 Å². The number of ether oxygens (including phenoxy) is 1. The maximum Gasteiger partial charge on any atom is 0.407 e. The van der Waals surface area contributed by atoms with Crippen molar-refractivity contribution in [3.8, 4) is 0 Å². The van der Waals surface area contributed by atoms with Crippen molar-refractivity contribution in [1.29, 1.82) is 0 Å². The highest BCUT2D eigenvalue weighted by Crippen LogP contribution is 2.21. The predicted octanol–water partition coefficient (Wildman–Crippen LogP) is 3.00. The lowest BCUT2D eigenvalue weighted by atomic mass is 9.88. The van der Waals surface area contributed by atoms with Crippen LogP contribution in [-0.4, -0.2) is 55.9 Å². The molecule has 1 aliphatic carbocycles. The normalized spacial score (nSPS) is 23.0. The van der Waals surface area contributed by atoms with Gasteiger partial charge in [0.1, 0.15) is 5.60 Å². The van der Waals surface area contributed by atoms with Gasteiger partial charge < -0.3 is 20.3 Å². The van der Waals surface area contributed by atoms with E-state index in [2.05, 4.69) is 43.5 Å². The summed E-state index contributed by atoms with van der Waals surface area (Å²) in [6.07, 6.45) is 3.97. The molecule has 2 N–H and O–H groups in total. The van der Waals surface area contributed by atoms with Crippen molar-refractivity contribution < 1.29 is 9.53 Å². The Labute approximate surface area is 142 Å². The number of amides is 1. The van der Waals surface area contributed by atoms with Gasteiger partial charge in [-0.2, -0.15) is 0 Å². The van der Waals surface area contributed by atoms with Crippen LogP contribution in [0.1, 0.15) is 60.3 Å². The third-order valence-corrected chi connectivity index (χ3v) is 4.06. The SMILES string of the molecule is CN(C)CC(C)(C)CNC1CCC(NC(=O)OC(C)(C)C)CC1. The molecule has 0 aromatic carbocycles. The Hall–Kier alpha value is -0.810. The van der Waals surface area contributed by atoms with E-state index in [1.165, 1.54) is 0 Å². The average molecular weight is 328 g/mol.